The van der Waals surface area contributed by atoms with Crippen molar-refractivity contribution < 1.29 is 18.0 Å². The molecule has 0 spiro atoms. The highest BCUT2D eigenvalue weighted by molar-refractivity contribution is 7.89. The molecule has 0 aromatic heterocycles. The maximum Gasteiger partial charge on any atom is 0.239 e. The van der Waals surface area contributed by atoms with Gasteiger partial charge in [0, 0.05) is 6.42 Å². The highest BCUT2D eigenvalue weighted by atomic mass is 32.2. The predicted molar refractivity (Wildman–Crippen MR) is 47.4 cm³/mol. The monoisotopic (exact) mass is 207 g/mol. The Labute approximate surface area is 77.6 Å². The summed E-state index contributed by atoms with van der Waals surface area (Å²) in [6.07, 6.45) is 1.47. The number of hydrogen-bond donors (Lipinski definition) is 1. The van der Waals surface area contributed by atoms with Crippen molar-refractivity contribution >= 4 is 22.2 Å². The van der Waals surface area contributed by atoms with E-state index in [2.05, 4.69) is 0 Å². The first kappa shape index (κ1) is 12.1. The molecule has 1 N–H and O–H groups in total. The summed E-state index contributed by atoms with van der Waals surface area (Å²) in [5.74, 6) is -0.665. The van der Waals surface area contributed by atoms with Gasteiger partial charge in [0.05, 0.1) is 11.7 Å². The molecule has 0 unspecified atom stereocenters. The van der Waals surface area contributed by atoms with E-state index in [1.165, 1.54) is 13.8 Å². The summed E-state index contributed by atoms with van der Waals surface area (Å²) in [5.41, 5.74) is -0.981. The lowest BCUT2D eigenvalue weighted by Gasteiger charge is -2.19. The predicted octanol–water partition coefficient (Wildman–Crippen LogP) is -0.323. The third-order valence-corrected chi connectivity index (χ3v) is 2.04. The van der Waals surface area contributed by atoms with Gasteiger partial charge in [-0.05, 0) is 0 Å². The van der Waals surface area contributed by atoms with E-state index in [0.717, 1.165) is 6.26 Å². The van der Waals surface area contributed by atoms with Gasteiger partial charge in [0.15, 0.2) is 0 Å². The van der Waals surface area contributed by atoms with Gasteiger partial charge in [-0.15, -0.1) is 0 Å². The summed E-state index contributed by atoms with van der Waals surface area (Å²) < 4.78 is 23.2. The third kappa shape index (κ3) is 4.62. The Bertz CT molecular complexity index is 304. The fraction of sp³-hybridized carbons (Fsp3) is 0.714. The van der Waals surface area contributed by atoms with Gasteiger partial charge in [-0.2, -0.15) is 0 Å². The van der Waals surface area contributed by atoms with Crippen LogP contribution in [0.25, 0.3) is 0 Å². The van der Waals surface area contributed by atoms with Crippen LogP contribution < -0.4 is 4.72 Å². The summed E-state index contributed by atoms with van der Waals surface area (Å²) >= 11 is 0. The lowest BCUT2D eigenvalue weighted by molar-refractivity contribution is -0.129. The minimum Gasteiger partial charge on any atom is -0.303 e. The number of carbonyl (C=O) groups is 2. The van der Waals surface area contributed by atoms with E-state index < -0.39 is 21.3 Å². The topological polar surface area (TPSA) is 80.3 Å². The van der Waals surface area contributed by atoms with Crippen LogP contribution in [0.1, 0.15) is 20.3 Å². The molecule has 6 heteroatoms. The third-order valence-electron chi connectivity index (χ3n) is 1.49. The molecule has 0 aliphatic carbocycles. The van der Waals surface area contributed by atoms with Crippen molar-refractivity contribution in [1.82, 2.24) is 4.72 Å². The van der Waals surface area contributed by atoms with Crippen LogP contribution in [0, 0.1) is 5.41 Å². The number of hydrogen-bond acceptors (Lipinski definition) is 4. The van der Waals surface area contributed by atoms with Crippen LogP contribution in [0.15, 0.2) is 0 Å². The number of sulfonamides is 1. The number of nitrogens with one attached hydrogen (secondary N) is 1. The summed E-state index contributed by atoms with van der Waals surface area (Å²) in [4.78, 5) is 21.4. The molecule has 0 rings (SSSR count). The first-order valence-electron chi connectivity index (χ1n) is 3.65. The van der Waals surface area contributed by atoms with Crippen LogP contribution in [-0.2, 0) is 19.6 Å². The van der Waals surface area contributed by atoms with Gasteiger partial charge in [0.1, 0.15) is 6.29 Å². The van der Waals surface area contributed by atoms with Crippen molar-refractivity contribution in [2.45, 2.75) is 20.3 Å². The van der Waals surface area contributed by atoms with Crippen molar-refractivity contribution in [3.8, 4) is 0 Å². The fourth-order valence-electron chi connectivity index (χ4n) is 0.608. The second-order valence-corrected chi connectivity index (χ2v) is 5.21. The smallest absolute Gasteiger partial charge is 0.239 e. The number of aldehydes is 1. The molecule has 0 atom stereocenters. The van der Waals surface area contributed by atoms with Crippen LogP contribution in [0.5, 0.6) is 0 Å². The minimum absolute atomic E-state index is 0.00560. The molecule has 0 aromatic carbocycles. The molecule has 0 bridgehead atoms. The van der Waals surface area contributed by atoms with E-state index >= 15 is 0 Å². The second-order valence-electron chi connectivity index (χ2n) is 3.46. The fourth-order valence-corrected chi connectivity index (χ4v) is 1.22. The van der Waals surface area contributed by atoms with Gasteiger partial charge in [0.2, 0.25) is 15.9 Å². The highest BCUT2D eigenvalue weighted by Crippen LogP contribution is 2.18. The average Bonchev–Trinajstić information content (AvgIpc) is 1.82. The Morgan fingerprint density at radius 3 is 2.23 bits per heavy atom. The molecule has 0 radical (unpaired) electrons. The van der Waals surface area contributed by atoms with E-state index in [0.29, 0.717) is 6.29 Å². The van der Waals surface area contributed by atoms with Crippen LogP contribution >= 0.6 is 0 Å². The van der Waals surface area contributed by atoms with Gasteiger partial charge in [-0.1, -0.05) is 13.8 Å². The van der Waals surface area contributed by atoms with Crippen LogP contribution in [0.2, 0.25) is 0 Å². The second kappa shape index (κ2) is 3.87. The Kier molecular flexibility index (Phi) is 3.60. The summed E-state index contributed by atoms with van der Waals surface area (Å²) in [6, 6.07) is 0. The maximum absolute atomic E-state index is 11.2. The minimum atomic E-state index is -3.54. The van der Waals surface area contributed by atoms with Crippen molar-refractivity contribution in [2.75, 3.05) is 6.26 Å². The van der Waals surface area contributed by atoms with E-state index in [1.54, 1.807) is 0 Å². The standard InChI is InChI=1S/C7H13NO4S/c1-7(2,4-5-9)6(10)8-13(3,11)12/h5H,4H2,1-3H3,(H,8,10). The Morgan fingerprint density at radius 2 is 1.92 bits per heavy atom. The zero-order valence-corrected chi connectivity index (χ0v) is 8.64. The first-order valence-corrected chi connectivity index (χ1v) is 5.54. The molecule has 0 saturated heterocycles. The summed E-state index contributed by atoms with van der Waals surface area (Å²) in [6.45, 7) is 3.00. The average molecular weight is 207 g/mol. The SMILES string of the molecule is CC(C)(CC=O)C(=O)NS(C)(=O)=O. The summed E-state index contributed by atoms with van der Waals surface area (Å²) in [5, 5.41) is 0. The quantitative estimate of drug-likeness (QED) is 0.640. The summed E-state index contributed by atoms with van der Waals surface area (Å²) in [7, 11) is -3.54. The van der Waals surface area contributed by atoms with E-state index in [9.17, 15) is 18.0 Å². The molecule has 5 nitrogen and oxygen atoms in total. The number of rotatable bonds is 4. The van der Waals surface area contributed by atoms with Gasteiger partial charge in [-0.3, -0.25) is 9.52 Å². The zero-order valence-electron chi connectivity index (χ0n) is 7.83. The molecular formula is C7H13NO4S. The normalized spacial score (nSPS) is 12.2. The molecule has 0 heterocycles. The molecule has 0 aliphatic heterocycles. The van der Waals surface area contributed by atoms with E-state index in [4.69, 9.17) is 0 Å². The Hall–Kier alpha value is -0.910. The molecule has 76 valence electrons. The Morgan fingerprint density at radius 1 is 1.46 bits per heavy atom. The molecule has 0 aromatic rings. The maximum atomic E-state index is 11.2. The molecule has 0 aliphatic rings. The lowest BCUT2D eigenvalue weighted by atomic mass is 9.89. The van der Waals surface area contributed by atoms with Crippen molar-refractivity contribution in [2.24, 2.45) is 5.41 Å². The van der Waals surface area contributed by atoms with Gasteiger partial charge < -0.3 is 4.79 Å². The van der Waals surface area contributed by atoms with Gasteiger partial charge in [0.25, 0.3) is 0 Å². The lowest BCUT2D eigenvalue weighted by Crippen LogP contribution is -2.40. The molecule has 0 fully saturated rings. The largest absolute Gasteiger partial charge is 0.303 e. The first-order chi connectivity index (χ1) is 5.69. The van der Waals surface area contributed by atoms with Gasteiger partial charge >= 0.3 is 0 Å². The van der Waals surface area contributed by atoms with Crippen LogP contribution in [0.4, 0.5) is 0 Å². The van der Waals surface area contributed by atoms with Gasteiger partial charge in [-0.25, -0.2) is 8.42 Å². The highest BCUT2D eigenvalue weighted by Gasteiger charge is 2.28. The van der Waals surface area contributed by atoms with Crippen LogP contribution in [0.3, 0.4) is 0 Å². The van der Waals surface area contributed by atoms with Crippen molar-refractivity contribution in [1.29, 1.82) is 0 Å². The van der Waals surface area contributed by atoms with Crippen molar-refractivity contribution in [3.63, 3.8) is 0 Å². The number of amides is 1. The van der Waals surface area contributed by atoms with Crippen LogP contribution in [-0.4, -0.2) is 26.9 Å². The Balaban J connectivity index is 4.52. The molecule has 0 saturated carbocycles. The van der Waals surface area contributed by atoms with E-state index in [-0.39, 0.29) is 6.42 Å². The van der Waals surface area contributed by atoms with E-state index in [1.807, 2.05) is 4.72 Å². The number of carbonyl (C=O) groups excluding carboxylic acids is 2. The molecule has 1 amide bonds. The molecular weight excluding hydrogens is 194 g/mol. The molecule has 13 heavy (non-hydrogen) atoms. The zero-order chi connectivity index (χ0) is 10.7. The van der Waals surface area contributed by atoms with Crippen molar-refractivity contribution in [3.05, 3.63) is 0 Å².